The molecule has 3 heterocycles. The van der Waals surface area contributed by atoms with Gasteiger partial charge in [0.15, 0.2) is 5.82 Å². The Balaban J connectivity index is 1.47. The number of benzene rings is 1. The quantitative estimate of drug-likeness (QED) is 0.790. The van der Waals surface area contributed by atoms with Crippen LogP contribution in [0, 0.1) is 0 Å². The number of rotatable bonds is 4. The molecule has 2 aromatic rings. The van der Waals surface area contributed by atoms with Crippen molar-refractivity contribution in [3.63, 3.8) is 0 Å². The molecule has 1 N–H and O–H groups in total. The summed E-state index contributed by atoms with van der Waals surface area (Å²) >= 11 is 0. The third-order valence-electron chi connectivity index (χ3n) is 7.49. The molecule has 0 bridgehead atoms. The Morgan fingerprint density at radius 3 is 2.62 bits per heavy atom. The number of hydrogen-bond donors (Lipinski definition) is 1. The number of aromatic nitrogens is 2. The number of para-hydroxylation sites is 2. The summed E-state index contributed by atoms with van der Waals surface area (Å²) in [6, 6.07) is 7.95. The molecule has 3 aliphatic rings. The highest BCUT2D eigenvalue weighted by Crippen LogP contribution is 2.32. The lowest BCUT2D eigenvalue weighted by Gasteiger charge is -2.45. The molecule has 2 fully saturated rings. The predicted molar refractivity (Wildman–Crippen MR) is 122 cm³/mol. The number of nitrogens with one attached hydrogen (secondary N) is 1. The first kappa shape index (κ1) is 21.4. The van der Waals surface area contributed by atoms with E-state index in [2.05, 4.69) is 10.3 Å². The largest absolute Gasteiger partial charge is 0.376 e. The molecule has 1 aromatic heterocycles. The van der Waals surface area contributed by atoms with Gasteiger partial charge in [0, 0.05) is 19.2 Å². The van der Waals surface area contributed by atoms with Gasteiger partial charge in [-0.2, -0.15) is 0 Å². The van der Waals surface area contributed by atoms with Crippen molar-refractivity contribution in [2.75, 3.05) is 13.2 Å². The SMILES string of the molecule is C[C@]1(C(=O)NC2CCCCCCC2)Cn2c(nc3ccccc32)C(=O)N1C[C@@H]1CCCO1. The molecule has 7 nitrogen and oxygen atoms in total. The van der Waals surface area contributed by atoms with Crippen LogP contribution in [0.3, 0.4) is 0 Å². The van der Waals surface area contributed by atoms with Gasteiger partial charge in [-0.15, -0.1) is 0 Å². The summed E-state index contributed by atoms with van der Waals surface area (Å²) in [5.74, 6) is 0.177. The zero-order valence-corrected chi connectivity index (χ0v) is 19.0. The van der Waals surface area contributed by atoms with Crippen LogP contribution < -0.4 is 5.32 Å². The first-order valence-corrected chi connectivity index (χ1v) is 12.3. The summed E-state index contributed by atoms with van der Waals surface area (Å²) < 4.78 is 7.78. The van der Waals surface area contributed by atoms with E-state index < -0.39 is 5.54 Å². The second kappa shape index (κ2) is 8.85. The van der Waals surface area contributed by atoms with Gasteiger partial charge in [0.2, 0.25) is 5.91 Å². The lowest BCUT2D eigenvalue weighted by molar-refractivity contribution is -0.134. The minimum atomic E-state index is -0.984. The smallest absolute Gasteiger partial charge is 0.290 e. The minimum Gasteiger partial charge on any atom is -0.376 e. The summed E-state index contributed by atoms with van der Waals surface area (Å²) in [5, 5.41) is 3.34. The van der Waals surface area contributed by atoms with Crippen molar-refractivity contribution in [2.24, 2.45) is 0 Å². The second-order valence-corrected chi connectivity index (χ2v) is 9.85. The van der Waals surface area contributed by atoms with Gasteiger partial charge in [0.1, 0.15) is 5.54 Å². The van der Waals surface area contributed by atoms with Gasteiger partial charge in [-0.25, -0.2) is 4.98 Å². The Morgan fingerprint density at radius 2 is 1.88 bits per heavy atom. The van der Waals surface area contributed by atoms with Crippen LogP contribution in [0.2, 0.25) is 0 Å². The average molecular weight is 439 g/mol. The molecule has 1 saturated heterocycles. The van der Waals surface area contributed by atoms with Gasteiger partial charge in [-0.1, -0.05) is 44.2 Å². The highest BCUT2D eigenvalue weighted by atomic mass is 16.5. The molecule has 5 rings (SSSR count). The molecule has 0 spiro atoms. The molecular weight excluding hydrogens is 404 g/mol. The fourth-order valence-electron chi connectivity index (χ4n) is 5.55. The van der Waals surface area contributed by atoms with Crippen molar-refractivity contribution in [2.45, 2.75) is 88.9 Å². The van der Waals surface area contributed by atoms with Crippen molar-refractivity contribution < 1.29 is 14.3 Å². The van der Waals surface area contributed by atoms with Crippen LogP contribution in [-0.2, 0) is 16.1 Å². The molecular formula is C25H34N4O3. The van der Waals surface area contributed by atoms with E-state index in [0.29, 0.717) is 18.9 Å². The third-order valence-corrected chi connectivity index (χ3v) is 7.49. The van der Waals surface area contributed by atoms with Crippen LogP contribution in [0.15, 0.2) is 24.3 Å². The zero-order valence-electron chi connectivity index (χ0n) is 19.0. The van der Waals surface area contributed by atoms with Crippen LogP contribution >= 0.6 is 0 Å². The molecule has 0 radical (unpaired) electrons. The summed E-state index contributed by atoms with van der Waals surface area (Å²) in [4.78, 5) is 33.9. The van der Waals surface area contributed by atoms with Crippen molar-refractivity contribution in [3.05, 3.63) is 30.1 Å². The number of nitrogens with zero attached hydrogens (tertiary/aromatic N) is 3. The van der Waals surface area contributed by atoms with Gasteiger partial charge < -0.3 is 19.5 Å². The predicted octanol–water partition coefficient (Wildman–Crippen LogP) is 3.66. The third kappa shape index (κ3) is 3.91. The molecule has 2 atom stereocenters. The number of ether oxygens (including phenoxy) is 1. The van der Waals surface area contributed by atoms with Crippen LogP contribution in [-0.4, -0.2) is 57.1 Å². The van der Waals surface area contributed by atoms with E-state index in [1.807, 2.05) is 35.8 Å². The Hall–Kier alpha value is -2.41. The minimum absolute atomic E-state index is 0.0246. The number of fused-ring (bicyclic) bond motifs is 3. The lowest BCUT2D eigenvalue weighted by atomic mass is 9.92. The Labute approximate surface area is 189 Å². The van der Waals surface area contributed by atoms with E-state index in [1.165, 1.54) is 19.3 Å². The first-order valence-electron chi connectivity index (χ1n) is 12.3. The molecule has 1 aliphatic carbocycles. The highest BCUT2D eigenvalue weighted by Gasteiger charge is 2.49. The molecule has 1 saturated carbocycles. The topological polar surface area (TPSA) is 76.5 Å². The normalized spacial score (nSPS) is 27.2. The maximum absolute atomic E-state index is 13.8. The monoisotopic (exact) mass is 438 g/mol. The molecule has 2 aliphatic heterocycles. The molecule has 172 valence electrons. The fraction of sp³-hybridized carbons (Fsp3) is 0.640. The second-order valence-electron chi connectivity index (χ2n) is 9.85. The fourth-order valence-corrected chi connectivity index (χ4v) is 5.55. The Bertz CT molecular complexity index is 988. The van der Waals surface area contributed by atoms with E-state index in [-0.39, 0.29) is 24.0 Å². The van der Waals surface area contributed by atoms with Crippen LogP contribution in [0.25, 0.3) is 11.0 Å². The van der Waals surface area contributed by atoms with Crippen LogP contribution in [0.4, 0.5) is 0 Å². The summed E-state index contributed by atoms with van der Waals surface area (Å²) in [6.07, 6.45) is 9.97. The first-order chi connectivity index (χ1) is 15.6. The zero-order chi connectivity index (χ0) is 22.1. The van der Waals surface area contributed by atoms with Gasteiger partial charge in [-0.3, -0.25) is 9.59 Å². The summed E-state index contributed by atoms with van der Waals surface area (Å²) in [7, 11) is 0. The van der Waals surface area contributed by atoms with E-state index in [1.54, 1.807) is 4.90 Å². The molecule has 0 unspecified atom stereocenters. The number of hydrogen-bond acceptors (Lipinski definition) is 4. The number of carbonyl (C=O) groups is 2. The standard InChI is InChI=1S/C25H34N4O3/c1-25(24(31)26-18-10-5-3-2-4-6-11-18)17-28-21-14-8-7-13-20(21)27-22(28)23(30)29(25)16-19-12-9-15-32-19/h7-8,13-14,18-19H,2-6,9-12,15-17H2,1H3,(H,26,31)/t19-,25+/m0/s1. The maximum atomic E-state index is 13.8. The van der Waals surface area contributed by atoms with Crippen LogP contribution in [0.5, 0.6) is 0 Å². The van der Waals surface area contributed by atoms with Crippen molar-refractivity contribution in [1.82, 2.24) is 19.8 Å². The molecule has 2 amide bonds. The van der Waals surface area contributed by atoms with Crippen molar-refractivity contribution in [1.29, 1.82) is 0 Å². The van der Waals surface area contributed by atoms with Gasteiger partial charge in [-0.05, 0) is 44.7 Å². The van der Waals surface area contributed by atoms with Crippen molar-refractivity contribution >= 4 is 22.8 Å². The van der Waals surface area contributed by atoms with Crippen molar-refractivity contribution in [3.8, 4) is 0 Å². The lowest BCUT2D eigenvalue weighted by Crippen LogP contribution is -2.66. The maximum Gasteiger partial charge on any atom is 0.290 e. The van der Waals surface area contributed by atoms with E-state index in [9.17, 15) is 9.59 Å². The van der Waals surface area contributed by atoms with E-state index in [0.717, 1.165) is 56.2 Å². The molecule has 1 aromatic carbocycles. The van der Waals surface area contributed by atoms with Crippen LogP contribution in [0.1, 0.15) is 75.3 Å². The van der Waals surface area contributed by atoms with E-state index in [4.69, 9.17) is 4.74 Å². The highest BCUT2D eigenvalue weighted by molar-refractivity contribution is 6.01. The molecule has 32 heavy (non-hydrogen) atoms. The average Bonchev–Trinajstić information content (AvgIpc) is 3.41. The Morgan fingerprint density at radius 1 is 1.12 bits per heavy atom. The number of imidazole rings is 1. The van der Waals surface area contributed by atoms with E-state index >= 15 is 0 Å². The summed E-state index contributed by atoms with van der Waals surface area (Å²) in [6.45, 7) is 3.46. The van der Waals surface area contributed by atoms with Gasteiger partial charge in [0.25, 0.3) is 5.91 Å². The van der Waals surface area contributed by atoms with Gasteiger partial charge in [0.05, 0.1) is 23.7 Å². The number of carbonyl (C=O) groups excluding carboxylic acids is 2. The number of amides is 2. The summed E-state index contributed by atoms with van der Waals surface area (Å²) in [5.41, 5.74) is 0.706. The Kier molecular flexibility index (Phi) is 5.93. The van der Waals surface area contributed by atoms with Gasteiger partial charge >= 0.3 is 0 Å². The molecule has 7 heteroatoms.